The second-order valence-corrected chi connectivity index (χ2v) is 5.87. The van der Waals surface area contributed by atoms with E-state index in [9.17, 15) is 0 Å². The average Bonchev–Trinajstić information content (AvgIpc) is 2.74. The first kappa shape index (κ1) is 19.9. The summed E-state index contributed by atoms with van der Waals surface area (Å²) in [7, 11) is 1.78. The van der Waals surface area contributed by atoms with E-state index in [0.717, 1.165) is 48.5 Å². The molecule has 0 saturated carbocycles. The third kappa shape index (κ3) is 6.85. The predicted octanol–water partition coefficient (Wildman–Crippen LogP) is 3.89. The fourth-order valence-electron chi connectivity index (χ4n) is 2.27. The van der Waals surface area contributed by atoms with Gasteiger partial charge in [-0.25, -0.2) is 0 Å². The Morgan fingerprint density at radius 1 is 1.22 bits per heavy atom. The van der Waals surface area contributed by atoms with Crippen LogP contribution in [0, 0.1) is 5.92 Å². The molecule has 0 atom stereocenters. The Morgan fingerprint density at radius 2 is 1.96 bits per heavy atom. The molecule has 0 aromatic heterocycles. The number of hydrogen-bond donors (Lipinski definition) is 2. The second-order valence-electron chi connectivity index (χ2n) is 5.87. The van der Waals surface area contributed by atoms with Crippen LogP contribution in [-0.4, -0.2) is 32.8 Å². The van der Waals surface area contributed by atoms with E-state index in [-0.39, 0.29) is 24.0 Å². The van der Waals surface area contributed by atoms with Crippen molar-refractivity contribution < 1.29 is 9.47 Å². The maximum atomic E-state index is 5.70. The molecule has 5 nitrogen and oxygen atoms in total. The summed E-state index contributed by atoms with van der Waals surface area (Å²) in [5.41, 5.74) is 0.946. The van der Waals surface area contributed by atoms with Crippen LogP contribution < -0.4 is 20.1 Å². The van der Waals surface area contributed by atoms with Gasteiger partial charge in [0, 0.05) is 31.8 Å². The van der Waals surface area contributed by atoms with Crippen LogP contribution in [0.25, 0.3) is 0 Å². The molecule has 0 unspecified atom stereocenters. The highest BCUT2D eigenvalue weighted by Gasteiger charge is 2.11. The summed E-state index contributed by atoms with van der Waals surface area (Å²) >= 11 is 0. The van der Waals surface area contributed by atoms with Crippen molar-refractivity contribution >= 4 is 35.6 Å². The number of hydrogen-bond acceptors (Lipinski definition) is 3. The van der Waals surface area contributed by atoms with Crippen molar-refractivity contribution in [2.45, 2.75) is 33.1 Å². The molecule has 0 radical (unpaired) electrons. The summed E-state index contributed by atoms with van der Waals surface area (Å²) in [4.78, 5) is 4.25. The zero-order valence-corrected chi connectivity index (χ0v) is 16.6. The van der Waals surface area contributed by atoms with Crippen molar-refractivity contribution in [2.75, 3.05) is 32.1 Å². The van der Waals surface area contributed by atoms with Gasteiger partial charge in [0.05, 0.1) is 13.2 Å². The molecule has 0 amide bonds. The Bertz CT molecular complexity index is 507. The molecule has 1 aromatic carbocycles. The summed E-state index contributed by atoms with van der Waals surface area (Å²) in [5, 5.41) is 6.62. The number of ether oxygens (including phenoxy) is 2. The molecule has 0 spiro atoms. The van der Waals surface area contributed by atoms with Crippen LogP contribution in [0.3, 0.4) is 0 Å². The topological polar surface area (TPSA) is 54.9 Å². The van der Waals surface area contributed by atoms with Gasteiger partial charge in [0.25, 0.3) is 0 Å². The Morgan fingerprint density at radius 3 is 2.65 bits per heavy atom. The van der Waals surface area contributed by atoms with Crippen LogP contribution in [0.15, 0.2) is 23.2 Å². The fourth-order valence-corrected chi connectivity index (χ4v) is 2.27. The summed E-state index contributed by atoms with van der Waals surface area (Å²) in [6.45, 7) is 6.80. The molecular formula is C17H28IN3O2. The highest BCUT2D eigenvalue weighted by Crippen LogP contribution is 2.32. The number of fused-ring (bicyclic) bond motifs is 1. The quantitative estimate of drug-likeness (QED) is 0.320. The molecule has 1 aromatic rings. The number of nitrogens with one attached hydrogen (secondary N) is 2. The van der Waals surface area contributed by atoms with Crippen molar-refractivity contribution in [1.82, 2.24) is 5.32 Å². The minimum atomic E-state index is 0. The Balaban J connectivity index is 0.00000264. The molecule has 130 valence electrons. The molecule has 23 heavy (non-hydrogen) atoms. The number of nitrogens with zero attached hydrogens (tertiary/aromatic N) is 1. The van der Waals surface area contributed by atoms with Crippen LogP contribution in [0.4, 0.5) is 5.69 Å². The van der Waals surface area contributed by atoms with E-state index in [1.165, 1.54) is 6.42 Å². The standard InChI is InChI=1S/C17H27N3O2.HI/c1-13(2)6-4-9-19-17(18-3)20-14-7-8-15-16(12-14)22-11-5-10-21-15;/h7-8,12-13H,4-6,9-11H2,1-3H3,(H2,18,19,20);1H. The van der Waals surface area contributed by atoms with E-state index in [1.54, 1.807) is 7.05 Å². The van der Waals surface area contributed by atoms with Gasteiger partial charge in [-0.2, -0.15) is 0 Å². The molecule has 0 fully saturated rings. The molecule has 1 aliphatic rings. The zero-order chi connectivity index (χ0) is 15.8. The lowest BCUT2D eigenvalue weighted by molar-refractivity contribution is 0.297. The molecule has 0 bridgehead atoms. The monoisotopic (exact) mass is 433 g/mol. The van der Waals surface area contributed by atoms with Gasteiger partial charge in [0.15, 0.2) is 17.5 Å². The van der Waals surface area contributed by atoms with E-state index >= 15 is 0 Å². The Labute approximate surface area is 156 Å². The number of halogens is 1. The first-order chi connectivity index (χ1) is 10.7. The maximum absolute atomic E-state index is 5.70. The van der Waals surface area contributed by atoms with Crippen molar-refractivity contribution in [3.8, 4) is 11.5 Å². The van der Waals surface area contributed by atoms with Gasteiger partial charge in [-0.05, 0) is 30.9 Å². The van der Waals surface area contributed by atoms with Gasteiger partial charge in [-0.15, -0.1) is 24.0 Å². The predicted molar refractivity (Wildman–Crippen MR) is 107 cm³/mol. The summed E-state index contributed by atoms with van der Waals surface area (Å²) in [6, 6.07) is 5.88. The minimum absolute atomic E-state index is 0. The number of guanidine groups is 1. The smallest absolute Gasteiger partial charge is 0.195 e. The van der Waals surface area contributed by atoms with Crippen LogP contribution in [0.5, 0.6) is 11.5 Å². The van der Waals surface area contributed by atoms with E-state index in [2.05, 4.69) is 29.5 Å². The first-order valence-corrected chi connectivity index (χ1v) is 8.06. The molecule has 1 heterocycles. The third-order valence-electron chi connectivity index (χ3n) is 3.48. The summed E-state index contributed by atoms with van der Waals surface area (Å²) in [5.74, 6) is 3.11. The normalized spacial score (nSPS) is 14.0. The zero-order valence-electron chi connectivity index (χ0n) is 14.2. The Kier molecular flexibility index (Phi) is 9.13. The lowest BCUT2D eigenvalue weighted by atomic mass is 10.1. The number of aliphatic imine (C=N–C) groups is 1. The SMILES string of the molecule is CN=C(NCCCC(C)C)Nc1ccc2c(c1)OCCCO2.I. The third-order valence-corrected chi connectivity index (χ3v) is 3.48. The second kappa shape index (κ2) is 10.6. The number of benzene rings is 1. The van der Waals surface area contributed by atoms with Gasteiger partial charge in [-0.3, -0.25) is 4.99 Å². The van der Waals surface area contributed by atoms with E-state index < -0.39 is 0 Å². The lowest BCUT2D eigenvalue weighted by Crippen LogP contribution is -2.31. The largest absolute Gasteiger partial charge is 0.490 e. The van der Waals surface area contributed by atoms with E-state index in [1.807, 2.05) is 18.2 Å². The Hall–Kier alpha value is -1.18. The molecule has 1 aliphatic heterocycles. The van der Waals surface area contributed by atoms with Gasteiger partial charge in [0.1, 0.15) is 0 Å². The van der Waals surface area contributed by atoms with Gasteiger partial charge >= 0.3 is 0 Å². The molecule has 2 rings (SSSR count). The van der Waals surface area contributed by atoms with Gasteiger partial charge in [0.2, 0.25) is 0 Å². The van der Waals surface area contributed by atoms with E-state index in [0.29, 0.717) is 13.2 Å². The number of anilines is 1. The van der Waals surface area contributed by atoms with Gasteiger partial charge < -0.3 is 20.1 Å². The summed E-state index contributed by atoms with van der Waals surface area (Å²) in [6.07, 6.45) is 3.27. The van der Waals surface area contributed by atoms with Crippen LogP contribution in [0.2, 0.25) is 0 Å². The van der Waals surface area contributed by atoms with Crippen LogP contribution >= 0.6 is 24.0 Å². The average molecular weight is 433 g/mol. The summed E-state index contributed by atoms with van der Waals surface area (Å²) < 4.78 is 11.3. The van der Waals surface area contributed by atoms with Crippen LogP contribution in [0.1, 0.15) is 33.1 Å². The van der Waals surface area contributed by atoms with Crippen molar-refractivity contribution in [2.24, 2.45) is 10.9 Å². The van der Waals surface area contributed by atoms with Crippen molar-refractivity contribution in [1.29, 1.82) is 0 Å². The highest BCUT2D eigenvalue weighted by atomic mass is 127. The minimum Gasteiger partial charge on any atom is -0.490 e. The molecular weight excluding hydrogens is 405 g/mol. The molecule has 0 saturated heterocycles. The van der Waals surface area contributed by atoms with E-state index in [4.69, 9.17) is 9.47 Å². The maximum Gasteiger partial charge on any atom is 0.195 e. The van der Waals surface area contributed by atoms with Gasteiger partial charge in [-0.1, -0.05) is 13.8 Å². The number of rotatable bonds is 5. The van der Waals surface area contributed by atoms with Crippen molar-refractivity contribution in [3.63, 3.8) is 0 Å². The van der Waals surface area contributed by atoms with Crippen molar-refractivity contribution in [3.05, 3.63) is 18.2 Å². The molecule has 2 N–H and O–H groups in total. The lowest BCUT2D eigenvalue weighted by Gasteiger charge is -2.14. The first-order valence-electron chi connectivity index (χ1n) is 8.06. The molecule has 0 aliphatic carbocycles. The van der Waals surface area contributed by atoms with Crippen LogP contribution in [-0.2, 0) is 0 Å². The highest BCUT2D eigenvalue weighted by molar-refractivity contribution is 14.0. The molecule has 6 heteroatoms. The fraction of sp³-hybridized carbons (Fsp3) is 0.588.